The lowest BCUT2D eigenvalue weighted by molar-refractivity contribution is -0.105. The van der Waals surface area contributed by atoms with Gasteiger partial charge >= 0.3 is 0 Å². The number of aromatic nitrogens is 2. The number of fused-ring (bicyclic) bond motifs is 1. The van der Waals surface area contributed by atoms with Crippen molar-refractivity contribution in [3.8, 4) is 22.8 Å². The smallest absolute Gasteiger partial charge is 0.259 e. The van der Waals surface area contributed by atoms with Gasteiger partial charge in [-0.25, -0.2) is 4.98 Å². The summed E-state index contributed by atoms with van der Waals surface area (Å²) in [7, 11) is 3.03. The summed E-state index contributed by atoms with van der Waals surface area (Å²) in [5.41, 5.74) is 3.08. The van der Waals surface area contributed by atoms with E-state index >= 15 is 0 Å². The van der Waals surface area contributed by atoms with Crippen LogP contribution in [0.25, 0.3) is 22.0 Å². The molecule has 196 valence electrons. The number of benzene rings is 2. The number of hydrogen-bond acceptors (Lipinski definition) is 6. The molecule has 0 saturated heterocycles. The van der Waals surface area contributed by atoms with Gasteiger partial charge < -0.3 is 24.7 Å². The van der Waals surface area contributed by atoms with Crippen molar-refractivity contribution in [2.75, 3.05) is 24.9 Å². The van der Waals surface area contributed by atoms with Gasteiger partial charge in [0.25, 0.3) is 5.56 Å². The molecule has 2 heterocycles. The van der Waals surface area contributed by atoms with Gasteiger partial charge in [0, 0.05) is 29.8 Å². The highest BCUT2D eigenvalue weighted by molar-refractivity contribution is 6.41. The summed E-state index contributed by atoms with van der Waals surface area (Å²) in [6.07, 6.45) is 4.36. The Kier molecular flexibility index (Phi) is 7.19. The Balaban J connectivity index is 1.69. The number of ether oxygens (including phenoxy) is 2. The maximum atomic E-state index is 14.0. The van der Waals surface area contributed by atoms with Crippen LogP contribution in [0.5, 0.6) is 11.5 Å². The molecule has 0 spiro atoms. The summed E-state index contributed by atoms with van der Waals surface area (Å²) in [6, 6.07) is 10.8. The monoisotopic (exact) mass is 552 g/mol. The maximum absolute atomic E-state index is 14.0. The topological polar surface area (TPSA) is 94.5 Å². The predicted octanol–water partition coefficient (Wildman–Crippen LogP) is 6.42. The minimum Gasteiger partial charge on any atom is -0.495 e. The number of nitrogens with zero attached hydrogens (tertiary/aromatic N) is 2. The Morgan fingerprint density at radius 2 is 1.82 bits per heavy atom. The fourth-order valence-electron chi connectivity index (χ4n) is 4.52. The number of anilines is 3. The molecule has 0 radical (unpaired) electrons. The molecule has 0 unspecified atom stereocenters. The van der Waals surface area contributed by atoms with Gasteiger partial charge in [-0.15, -0.1) is 0 Å². The van der Waals surface area contributed by atoms with E-state index in [2.05, 4.69) is 15.6 Å². The van der Waals surface area contributed by atoms with Crippen LogP contribution in [0, 0.1) is 12.8 Å². The lowest BCUT2D eigenvalue weighted by Crippen LogP contribution is -2.23. The van der Waals surface area contributed by atoms with Crippen LogP contribution >= 0.6 is 23.2 Å². The number of hydrogen-bond donors (Lipinski definition) is 2. The summed E-state index contributed by atoms with van der Waals surface area (Å²) >= 11 is 13.5. The second kappa shape index (κ2) is 10.6. The van der Waals surface area contributed by atoms with Crippen molar-refractivity contribution in [3.05, 3.63) is 68.6 Å². The second-order valence-electron chi connectivity index (χ2n) is 9.21. The molecule has 1 aliphatic carbocycles. The normalized spacial score (nSPS) is 12.9. The second-order valence-corrected chi connectivity index (χ2v) is 9.97. The standard InChI is InChI=1S/C28H26Cl2N4O4/c1-15-5-4-6-19(32-14-35)27(15)33-23-10-18-17(12-31-23)9-20(34(28(18)36)13-16-7-8-16)24-25(29)21(37-2)11-22(38-3)26(24)30/h4-6,9-12,14,16H,7-8,13H2,1-3H3,(H,31,33)(H,32,35). The summed E-state index contributed by atoms with van der Waals surface area (Å²) in [5, 5.41) is 7.67. The van der Waals surface area contributed by atoms with E-state index in [0.717, 1.165) is 18.4 Å². The summed E-state index contributed by atoms with van der Waals surface area (Å²) in [6.45, 7) is 2.46. The van der Waals surface area contributed by atoms with Crippen LogP contribution in [-0.4, -0.2) is 30.2 Å². The molecule has 38 heavy (non-hydrogen) atoms. The molecule has 2 aromatic heterocycles. The van der Waals surface area contributed by atoms with E-state index in [0.29, 0.717) is 79.6 Å². The van der Waals surface area contributed by atoms with E-state index in [1.165, 1.54) is 14.2 Å². The number of halogens is 2. The first-order valence-electron chi connectivity index (χ1n) is 12.1. The third-order valence-electron chi connectivity index (χ3n) is 6.70. The van der Waals surface area contributed by atoms with Crippen molar-refractivity contribution in [2.45, 2.75) is 26.3 Å². The zero-order chi connectivity index (χ0) is 27.0. The molecule has 4 aromatic rings. The van der Waals surface area contributed by atoms with Crippen molar-refractivity contribution >= 4 is 57.6 Å². The van der Waals surface area contributed by atoms with E-state index in [-0.39, 0.29) is 5.56 Å². The molecule has 0 bridgehead atoms. The number of pyridine rings is 2. The number of rotatable bonds is 9. The van der Waals surface area contributed by atoms with Crippen LogP contribution in [0.4, 0.5) is 17.2 Å². The number of carbonyl (C=O) groups is 1. The molecule has 1 saturated carbocycles. The van der Waals surface area contributed by atoms with Gasteiger partial charge in [-0.1, -0.05) is 35.3 Å². The molecule has 1 amide bonds. The third-order valence-corrected chi connectivity index (χ3v) is 7.45. The van der Waals surface area contributed by atoms with Crippen molar-refractivity contribution in [3.63, 3.8) is 0 Å². The zero-order valence-electron chi connectivity index (χ0n) is 21.1. The van der Waals surface area contributed by atoms with Crippen molar-refractivity contribution < 1.29 is 14.3 Å². The Labute approximate surface area is 229 Å². The van der Waals surface area contributed by atoms with Crippen LogP contribution in [0.2, 0.25) is 10.0 Å². The van der Waals surface area contributed by atoms with E-state index in [1.54, 1.807) is 29.0 Å². The molecule has 0 atom stereocenters. The molecule has 10 heteroatoms. The highest BCUT2D eigenvalue weighted by Gasteiger charge is 2.27. The first-order valence-corrected chi connectivity index (χ1v) is 12.8. The fraction of sp³-hybridized carbons (Fsp3) is 0.250. The zero-order valence-corrected chi connectivity index (χ0v) is 22.6. The molecule has 1 aliphatic rings. The minimum absolute atomic E-state index is 0.181. The summed E-state index contributed by atoms with van der Waals surface area (Å²) < 4.78 is 12.6. The highest BCUT2D eigenvalue weighted by Crippen LogP contribution is 2.46. The third kappa shape index (κ3) is 4.77. The summed E-state index contributed by atoms with van der Waals surface area (Å²) in [5.74, 6) is 1.66. The van der Waals surface area contributed by atoms with Gasteiger partial charge in [0.05, 0.1) is 46.7 Å². The van der Waals surface area contributed by atoms with E-state index in [4.69, 9.17) is 32.7 Å². The highest BCUT2D eigenvalue weighted by atomic mass is 35.5. The average molecular weight is 553 g/mol. The Bertz CT molecular complexity index is 1590. The van der Waals surface area contributed by atoms with Crippen molar-refractivity contribution in [1.29, 1.82) is 0 Å². The maximum Gasteiger partial charge on any atom is 0.259 e. The Morgan fingerprint density at radius 1 is 1.11 bits per heavy atom. The van der Waals surface area contributed by atoms with Crippen LogP contribution in [0.15, 0.2) is 47.4 Å². The molecule has 5 rings (SSSR count). The van der Waals surface area contributed by atoms with Crippen LogP contribution < -0.4 is 25.7 Å². The lowest BCUT2D eigenvalue weighted by Gasteiger charge is -2.20. The van der Waals surface area contributed by atoms with Gasteiger partial charge in [-0.05, 0) is 49.4 Å². The molecule has 2 aromatic carbocycles. The van der Waals surface area contributed by atoms with E-state index in [9.17, 15) is 9.59 Å². The van der Waals surface area contributed by atoms with Gasteiger partial charge in [0.2, 0.25) is 6.41 Å². The fourth-order valence-corrected chi connectivity index (χ4v) is 5.21. The van der Waals surface area contributed by atoms with Crippen molar-refractivity contribution in [2.24, 2.45) is 5.92 Å². The Hall–Kier alpha value is -3.75. The van der Waals surface area contributed by atoms with E-state index in [1.807, 2.05) is 25.1 Å². The number of amides is 1. The van der Waals surface area contributed by atoms with Crippen LogP contribution in [0.1, 0.15) is 18.4 Å². The largest absolute Gasteiger partial charge is 0.495 e. The molecule has 0 aliphatic heterocycles. The SMILES string of the molecule is COc1cc(OC)c(Cl)c(-c2cc3cnc(Nc4c(C)cccc4NC=O)cc3c(=O)n2CC2CC2)c1Cl. The predicted molar refractivity (Wildman–Crippen MR) is 151 cm³/mol. The number of para-hydroxylation sites is 1. The first-order chi connectivity index (χ1) is 18.4. The van der Waals surface area contributed by atoms with Crippen LogP contribution in [0.3, 0.4) is 0 Å². The molecular weight excluding hydrogens is 527 g/mol. The average Bonchev–Trinajstić information content (AvgIpc) is 3.73. The number of methoxy groups -OCH3 is 2. The Morgan fingerprint density at radius 3 is 2.45 bits per heavy atom. The molecule has 2 N–H and O–H groups in total. The number of carbonyl (C=O) groups excluding carboxylic acids is 1. The minimum atomic E-state index is -0.181. The number of nitrogens with one attached hydrogen (secondary N) is 2. The molecule has 1 fully saturated rings. The molecular formula is C28H26Cl2N4O4. The van der Waals surface area contributed by atoms with Gasteiger partial charge in [0.1, 0.15) is 17.3 Å². The van der Waals surface area contributed by atoms with Crippen molar-refractivity contribution in [1.82, 2.24) is 9.55 Å². The molecule has 8 nitrogen and oxygen atoms in total. The van der Waals surface area contributed by atoms with Gasteiger partial charge in [-0.2, -0.15) is 0 Å². The lowest BCUT2D eigenvalue weighted by atomic mass is 10.1. The van der Waals surface area contributed by atoms with Crippen LogP contribution in [-0.2, 0) is 11.3 Å². The van der Waals surface area contributed by atoms with E-state index < -0.39 is 0 Å². The summed E-state index contributed by atoms with van der Waals surface area (Å²) in [4.78, 5) is 29.6. The van der Waals surface area contributed by atoms with Gasteiger partial charge in [-0.3, -0.25) is 9.59 Å². The first kappa shape index (κ1) is 25.9. The van der Waals surface area contributed by atoms with Gasteiger partial charge in [0.15, 0.2) is 0 Å². The quantitative estimate of drug-likeness (QED) is 0.233. The number of aryl methyl sites for hydroxylation is 1.